The summed E-state index contributed by atoms with van der Waals surface area (Å²) in [5.74, 6) is 1.15. The lowest BCUT2D eigenvalue weighted by Crippen LogP contribution is -2.27. The van der Waals surface area contributed by atoms with Crippen molar-refractivity contribution in [1.29, 1.82) is 0 Å². The molecule has 3 aromatic heterocycles. The first-order valence-electron chi connectivity index (χ1n) is 8.92. The van der Waals surface area contributed by atoms with Gasteiger partial charge in [0.1, 0.15) is 11.5 Å². The quantitative estimate of drug-likeness (QED) is 0.459. The van der Waals surface area contributed by atoms with Crippen LogP contribution in [0.25, 0.3) is 22.4 Å². The lowest BCUT2D eigenvalue weighted by Gasteiger charge is -2.07. The molecule has 0 spiro atoms. The van der Waals surface area contributed by atoms with Crippen molar-refractivity contribution in [1.82, 2.24) is 19.9 Å². The highest BCUT2D eigenvalue weighted by Crippen LogP contribution is 2.23. The molecule has 0 saturated heterocycles. The van der Waals surface area contributed by atoms with Gasteiger partial charge in [0.2, 0.25) is 5.91 Å². The summed E-state index contributed by atoms with van der Waals surface area (Å²) in [6.45, 7) is 2.47. The monoisotopic (exact) mass is 472 g/mol. The molecule has 0 aliphatic rings. The Morgan fingerprint density at radius 1 is 1.31 bits per heavy atom. The molecule has 1 amide bonds. The number of carbonyl (C=O) groups is 1. The van der Waals surface area contributed by atoms with E-state index in [0.717, 1.165) is 15.2 Å². The van der Waals surface area contributed by atoms with Crippen LogP contribution in [0, 0.1) is 6.92 Å². The van der Waals surface area contributed by atoms with Crippen molar-refractivity contribution in [2.75, 3.05) is 0 Å². The van der Waals surface area contributed by atoms with Crippen LogP contribution < -0.4 is 10.9 Å². The fraction of sp³-hybridized carbons (Fsp3) is 0.200. The molecule has 7 nitrogen and oxygen atoms in total. The second kappa shape index (κ2) is 8.30. The Hall–Kier alpha value is -2.78. The molecular formula is C20H17BrN4O3S. The van der Waals surface area contributed by atoms with Gasteiger partial charge in [-0.25, -0.2) is 9.97 Å². The molecule has 3 heterocycles. The average molecular weight is 473 g/mol. The fourth-order valence-corrected chi connectivity index (χ4v) is 3.84. The number of hydrogen-bond acceptors (Lipinski definition) is 6. The van der Waals surface area contributed by atoms with Crippen molar-refractivity contribution in [3.8, 4) is 11.5 Å². The highest BCUT2D eigenvalue weighted by Gasteiger charge is 2.10. The number of thiazole rings is 1. The van der Waals surface area contributed by atoms with Crippen LogP contribution in [0.4, 0.5) is 0 Å². The van der Waals surface area contributed by atoms with E-state index in [0.29, 0.717) is 22.4 Å². The van der Waals surface area contributed by atoms with Crippen LogP contribution in [-0.4, -0.2) is 20.4 Å². The van der Waals surface area contributed by atoms with E-state index in [1.807, 2.05) is 30.5 Å². The minimum Gasteiger partial charge on any atom is -0.458 e. The zero-order valence-electron chi connectivity index (χ0n) is 15.5. The van der Waals surface area contributed by atoms with Crippen molar-refractivity contribution in [2.24, 2.45) is 0 Å². The minimum absolute atomic E-state index is 0.167. The Morgan fingerprint density at radius 2 is 2.17 bits per heavy atom. The third-order valence-electron chi connectivity index (χ3n) is 4.36. The number of hydrogen-bond donors (Lipinski definition) is 1. The van der Waals surface area contributed by atoms with Crippen molar-refractivity contribution >= 4 is 44.1 Å². The molecule has 4 rings (SSSR count). The van der Waals surface area contributed by atoms with E-state index in [4.69, 9.17) is 4.42 Å². The molecule has 0 aliphatic carbocycles. The van der Waals surface area contributed by atoms with Gasteiger partial charge in [0.05, 0.1) is 28.8 Å². The predicted molar refractivity (Wildman–Crippen MR) is 115 cm³/mol. The predicted octanol–water partition coefficient (Wildman–Crippen LogP) is 3.89. The third kappa shape index (κ3) is 4.46. The fourth-order valence-electron chi connectivity index (χ4n) is 2.87. The van der Waals surface area contributed by atoms with Crippen LogP contribution in [0.3, 0.4) is 0 Å². The minimum atomic E-state index is -0.173. The van der Waals surface area contributed by atoms with Gasteiger partial charge in [-0.15, -0.1) is 11.3 Å². The van der Waals surface area contributed by atoms with E-state index in [1.54, 1.807) is 23.5 Å². The number of nitrogens with one attached hydrogen (secondary N) is 1. The van der Waals surface area contributed by atoms with Gasteiger partial charge in [-0.1, -0.05) is 15.9 Å². The largest absolute Gasteiger partial charge is 0.458 e. The molecule has 0 saturated carbocycles. The summed E-state index contributed by atoms with van der Waals surface area (Å²) in [5, 5.41) is 6.23. The first-order valence-corrected chi connectivity index (χ1v) is 10.6. The van der Waals surface area contributed by atoms with Gasteiger partial charge in [0.25, 0.3) is 5.56 Å². The second-order valence-electron chi connectivity index (χ2n) is 6.45. The molecule has 1 N–H and O–H groups in total. The Balaban J connectivity index is 1.35. The maximum atomic E-state index is 12.6. The first kappa shape index (κ1) is 19.5. The van der Waals surface area contributed by atoms with E-state index in [-0.39, 0.29) is 31.0 Å². The molecule has 0 bridgehead atoms. The summed E-state index contributed by atoms with van der Waals surface area (Å²) in [6.07, 6.45) is 1.64. The number of fused-ring (bicyclic) bond motifs is 1. The van der Waals surface area contributed by atoms with E-state index < -0.39 is 0 Å². The van der Waals surface area contributed by atoms with E-state index >= 15 is 0 Å². The molecular weight excluding hydrogens is 456 g/mol. The number of halogens is 1. The lowest BCUT2D eigenvalue weighted by molar-refractivity contribution is -0.121. The van der Waals surface area contributed by atoms with Crippen LogP contribution in [0.2, 0.25) is 0 Å². The van der Waals surface area contributed by atoms with Crippen LogP contribution in [0.5, 0.6) is 0 Å². The van der Waals surface area contributed by atoms with Crippen molar-refractivity contribution in [3.63, 3.8) is 0 Å². The summed E-state index contributed by atoms with van der Waals surface area (Å²) in [6, 6.07) is 9.01. The van der Waals surface area contributed by atoms with Crippen LogP contribution in [0.15, 0.2) is 55.7 Å². The van der Waals surface area contributed by atoms with Gasteiger partial charge >= 0.3 is 0 Å². The van der Waals surface area contributed by atoms with Crippen molar-refractivity contribution in [3.05, 3.63) is 67.6 Å². The lowest BCUT2D eigenvalue weighted by atomic mass is 10.2. The molecule has 0 unspecified atom stereocenters. The van der Waals surface area contributed by atoms with Crippen LogP contribution in [-0.2, 0) is 17.9 Å². The molecule has 0 aliphatic heterocycles. The van der Waals surface area contributed by atoms with Gasteiger partial charge in [-0.05, 0) is 37.3 Å². The number of carbonyl (C=O) groups excluding carboxylic acids is 1. The van der Waals surface area contributed by atoms with E-state index in [9.17, 15) is 9.59 Å². The van der Waals surface area contributed by atoms with E-state index in [1.165, 1.54) is 10.9 Å². The molecule has 1 aromatic carbocycles. The van der Waals surface area contributed by atoms with Crippen molar-refractivity contribution < 1.29 is 9.21 Å². The summed E-state index contributed by atoms with van der Waals surface area (Å²) in [4.78, 5) is 33.4. The highest BCUT2D eigenvalue weighted by molar-refractivity contribution is 9.10. The molecule has 4 aromatic rings. The Kier molecular flexibility index (Phi) is 5.59. The summed E-state index contributed by atoms with van der Waals surface area (Å²) < 4.78 is 7.99. The van der Waals surface area contributed by atoms with E-state index in [2.05, 4.69) is 31.2 Å². The Morgan fingerprint density at radius 3 is 2.97 bits per heavy atom. The zero-order valence-corrected chi connectivity index (χ0v) is 17.9. The molecule has 29 heavy (non-hydrogen) atoms. The molecule has 148 valence electrons. The number of furan rings is 1. The van der Waals surface area contributed by atoms with Gasteiger partial charge in [-0.2, -0.15) is 0 Å². The smallest absolute Gasteiger partial charge is 0.261 e. The summed E-state index contributed by atoms with van der Waals surface area (Å²) in [7, 11) is 0. The maximum absolute atomic E-state index is 12.6. The number of nitrogens with zero attached hydrogens (tertiary/aromatic N) is 3. The number of rotatable bonds is 6. The average Bonchev–Trinajstić information content (AvgIpc) is 3.35. The molecule has 9 heteroatoms. The number of aromatic nitrogens is 3. The number of benzene rings is 1. The van der Waals surface area contributed by atoms with Crippen LogP contribution >= 0.6 is 27.3 Å². The molecule has 0 fully saturated rings. The molecule has 0 atom stereocenters. The van der Waals surface area contributed by atoms with Gasteiger partial charge in [-0.3, -0.25) is 14.2 Å². The van der Waals surface area contributed by atoms with Gasteiger partial charge in [0.15, 0.2) is 5.76 Å². The molecule has 0 radical (unpaired) electrons. The van der Waals surface area contributed by atoms with Gasteiger partial charge < -0.3 is 9.73 Å². The number of amides is 1. The SMILES string of the molecule is Cc1nc(-c2ccc(CNC(=O)CCn3cnc4ccc(Br)cc4c3=O)o2)cs1. The van der Waals surface area contributed by atoms with Gasteiger partial charge in [0, 0.05) is 22.8 Å². The Labute approximate surface area is 178 Å². The summed E-state index contributed by atoms with van der Waals surface area (Å²) in [5.41, 5.74) is 1.25. The third-order valence-corrected chi connectivity index (χ3v) is 5.63. The Bertz CT molecular complexity index is 1240. The zero-order chi connectivity index (χ0) is 20.4. The summed E-state index contributed by atoms with van der Waals surface area (Å²) >= 11 is 4.92. The first-order chi connectivity index (χ1) is 14.0. The second-order valence-corrected chi connectivity index (χ2v) is 8.43. The number of aryl methyl sites for hydroxylation is 2. The normalized spacial score (nSPS) is 11.1. The maximum Gasteiger partial charge on any atom is 0.261 e. The van der Waals surface area contributed by atoms with Crippen LogP contribution in [0.1, 0.15) is 17.2 Å². The standard InChI is InChI=1S/C20H17BrN4O3S/c1-12-24-17(10-29-12)18-5-3-14(28-18)9-22-19(26)6-7-25-11-23-16-4-2-13(21)8-15(16)20(25)27/h2-5,8,10-11H,6-7,9H2,1H3,(H,22,26). The highest BCUT2D eigenvalue weighted by atomic mass is 79.9. The van der Waals surface area contributed by atoms with Crippen molar-refractivity contribution in [2.45, 2.75) is 26.4 Å². The topological polar surface area (TPSA) is 90.0 Å².